The van der Waals surface area contributed by atoms with Crippen molar-refractivity contribution < 1.29 is 4.79 Å². The highest BCUT2D eigenvalue weighted by Crippen LogP contribution is 2.23. The summed E-state index contributed by atoms with van der Waals surface area (Å²) in [5.41, 5.74) is 1.25. The Balaban J connectivity index is 1.70. The number of rotatable bonds is 4. The Morgan fingerprint density at radius 2 is 2.08 bits per heavy atom. The van der Waals surface area contributed by atoms with Crippen LogP contribution in [0.5, 0.6) is 0 Å². The Hall–Kier alpha value is -1.65. The molecule has 0 aliphatic rings. The zero-order chi connectivity index (χ0) is 17.3. The third-order valence-electron chi connectivity index (χ3n) is 3.09. The van der Waals surface area contributed by atoms with Gasteiger partial charge < -0.3 is 0 Å². The summed E-state index contributed by atoms with van der Waals surface area (Å²) in [7, 11) is 1.75. The van der Waals surface area contributed by atoms with Crippen molar-refractivity contribution in [1.29, 1.82) is 0 Å². The minimum Gasteiger partial charge on any atom is -0.288 e. The van der Waals surface area contributed by atoms with E-state index >= 15 is 0 Å². The molecule has 2 heterocycles. The first-order valence-electron chi connectivity index (χ1n) is 6.76. The lowest BCUT2D eigenvalue weighted by atomic mass is 10.2. The Bertz CT molecular complexity index is 907. The van der Waals surface area contributed by atoms with E-state index in [9.17, 15) is 4.79 Å². The molecule has 24 heavy (non-hydrogen) atoms. The molecular weight excluding hydrogens is 466 g/mol. The van der Waals surface area contributed by atoms with Gasteiger partial charge in [-0.1, -0.05) is 29.3 Å². The van der Waals surface area contributed by atoms with E-state index < -0.39 is 0 Å². The lowest BCUT2D eigenvalue weighted by Gasteiger charge is -2.03. The minimum absolute atomic E-state index is 0.210. The normalized spacial score (nSPS) is 10.8. The molecule has 1 amide bonds. The zero-order valence-electron chi connectivity index (χ0n) is 12.4. The van der Waals surface area contributed by atoms with E-state index in [1.54, 1.807) is 34.7 Å². The van der Waals surface area contributed by atoms with Gasteiger partial charge in [-0.05, 0) is 40.3 Å². The van der Waals surface area contributed by atoms with Gasteiger partial charge in [-0.2, -0.15) is 5.10 Å². The highest BCUT2D eigenvalue weighted by Gasteiger charge is 2.16. The number of aromatic nitrogens is 5. The predicted molar refractivity (Wildman–Crippen MR) is 99.5 cm³/mol. The van der Waals surface area contributed by atoms with Crippen molar-refractivity contribution in [3.63, 3.8) is 0 Å². The Morgan fingerprint density at radius 3 is 2.75 bits per heavy atom. The average molecular weight is 477 g/mol. The van der Waals surface area contributed by atoms with Gasteiger partial charge in [-0.3, -0.25) is 14.8 Å². The summed E-state index contributed by atoms with van der Waals surface area (Å²) in [5.74, 6) is -0.145. The van der Waals surface area contributed by atoms with E-state index in [2.05, 4.69) is 43.1 Å². The Kier molecular flexibility index (Phi) is 5.07. The number of carbonyl (C=O) groups excluding carboxylic acids is 1. The zero-order valence-corrected chi connectivity index (χ0v) is 16.0. The summed E-state index contributed by atoms with van der Waals surface area (Å²) in [6, 6.07) is 5.34. The second kappa shape index (κ2) is 7.08. The quantitative estimate of drug-likeness (QED) is 0.586. The molecule has 0 aliphatic heterocycles. The van der Waals surface area contributed by atoms with E-state index in [1.165, 1.54) is 6.33 Å². The molecule has 0 unspecified atom stereocenters. The number of halogens is 3. The highest BCUT2D eigenvalue weighted by molar-refractivity contribution is 14.1. The first-order chi connectivity index (χ1) is 11.4. The number of nitrogens with one attached hydrogen (secondary N) is 1. The summed E-state index contributed by atoms with van der Waals surface area (Å²) in [4.78, 5) is 16.3. The molecule has 0 aliphatic carbocycles. The average Bonchev–Trinajstić information content (AvgIpc) is 3.09. The maximum atomic E-state index is 12.2. The number of carbonyl (C=O) groups is 1. The fraction of sp³-hybridized carbons (Fsp3) is 0.143. The Labute approximate surface area is 161 Å². The number of amides is 1. The van der Waals surface area contributed by atoms with Gasteiger partial charge in [0.1, 0.15) is 6.33 Å². The van der Waals surface area contributed by atoms with Gasteiger partial charge in [0.15, 0.2) is 5.69 Å². The first kappa shape index (κ1) is 17.2. The fourth-order valence-corrected chi connectivity index (χ4v) is 3.10. The van der Waals surface area contributed by atoms with Gasteiger partial charge in [0, 0.05) is 13.2 Å². The number of hydrogen-bond acceptors (Lipinski definition) is 4. The van der Waals surface area contributed by atoms with Crippen molar-refractivity contribution in [1.82, 2.24) is 24.5 Å². The smallest absolute Gasteiger partial charge is 0.279 e. The summed E-state index contributed by atoms with van der Waals surface area (Å²) in [6.07, 6.45) is 3.29. The van der Waals surface area contributed by atoms with Crippen molar-refractivity contribution >= 4 is 57.6 Å². The molecule has 124 valence electrons. The van der Waals surface area contributed by atoms with Crippen LogP contribution in [0.25, 0.3) is 0 Å². The van der Waals surface area contributed by atoms with Crippen LogP contribution >= 0.6 is 45.8 Å². The van der Waals surface area contributed by atoms with Crippen molar-refractivity contribution in [2.24, 2.45) is 7.05 Å². The number of nitrogens with zero attached hydrogens (tertiary/aromatic N) is 5. The van der Waals surface area contributed by atoms with Crippen LogP contribution in [0.2, 0.25) is 10.0 Å². The molecule has 0 saturated heterocycles. The molecule has 3 aromatic rings. The second-order valence-corrected chi connectivity index (χ2v) is 6.94. The lowest BCUT2D eigenvalue weighted by molar-refractivity contribution is 0.102. The van der Waals surface area contributed by atoms with Crippen molar-refractivity contribution in [2.75, 3.05) is 5.32 Å². The molecule has 0 saturated carbocycles. The molecule has 0 fully saturated rings. The molecule has 0 bridgehead atoms. The molecule has 1 aromatic carbocycles. The van der Waals surface area contributed by atoms with Gasteiger partial charge >= 0.3 is 0 Å². The lowest BCUT2D eigenvalue weighted by Crippen LogP contribution is -2.15. The summed E-state index contributed by atoms with van der Waals surface area (Å²) in [5, 5.41) is 11.9. The molecule has 0 radical (unpaired) electrons. The summed E-state index contributed by atoms with van der Waals surface area (Å²) in [6.45, 7) is 0.459. The molecule has 10 heteroatoms. The molecule has 7 nitrogen and oxygen atoms in total. The molecule has 1 N–H and O–H groups in total. The van der Waals surface area contributed by atoms with Crippen LogP contribution in [-0.4, -0.2) is 30.5 Å². The second-order valence-electron chi connectivity index (χ2n) is 4.97. The third-order valence-corrected chi connectivity index (χ3v) is 4.62. The van der Waals surface area contributed by atoms with E-state index in [0.29, 0.717) is 22.3 Å². The number of hydrogen-bond donors (Lipinski definition) is 1. The van der Waals surface area contributed by atoms with Crippen LogP contribution in [0, 0.1) is 3.57 Å². The maximum Gasteiger partial charge on any atom is 0.279 e. The first-order valence-corrected chi connectivity index (χ1v) is 8.59. The summed E-state index contributed by atoms with van der Waals surface area (Å²) < 4.78 is 3.92. The van der Waals surface area contributed by atoms with Gasteiger partial charge in [0.2, 0.25) is 5.95 Å². The van der Waals surface area contributed by atoms with Crippen LogP contribution < -0.4 is 5.32 Å². The predicted octanol–water partition coefficient (Wildman–Crippen LogP) is 3.22. The number of anilines is 1. The van der Waals surface area contributed by atoms with E-state index in [0.717, 1.165) is 9.13 Å². The van der Waals surface area contributed by atoms with Gasteiger partial charge in [0.25, 0.3) is 5.91 Å². The molecule has 0 spiro atoms. The Morgan fingerprint density at radius 1 is 1.29 bits per heavy atom. The highest BCUT2D eigenvalue weighted by atomic mass is 127. The van der Waals surface area contributed by atoms with Gasteiger partial charge in [-0.15, -0.1) is 5.10 Å². The molecule has 2 aromatic heterocycles. The molecule has 3 rings (SSSR count). The van der Waals surface area contributed by atoms with Crippen LogP contribution in [0.3, 0.4) is 0 Å². The monoisotopic (exact) mass is 476 g/mol. The van der Waals surface area contributed by atoms with Crippen molar-refractivity contribution in [3.05, 3.63) is 55.6 Å². The van der Waals surface area contributed by atoms with Crippen LogP contribution in [0.1, 0.15) is 16.1 Å². The molecular formula is C14H11Cl2IN6O. The fourth-order valence-electron chi connectivity index (χ4n) is 2.03. The topological polar surface area (TPSA) is 77.6 Å². The van der Waals surface area contributed by atoms with Crippen molar-refractivity contribution in [3.8, 4) is 0 Å². The molecule has 0 atom stereocenters. The van der Waals surface area contributed by atoms with E-state index in [-0.39, 0.29) is 11.9 Å². The number of benzene rings is 1. The SMILES string of the molecule is Cn1cc(I)c(C(=O)Nc2ncn(Cc3ccc(Cl)c(Cl)c3)n2)n1. The van der Waals surface area contributed by atoms with E-state index in [1.807, 2.05) is 6.07 Å². The maximum absolute atomic E-state index is 12.2. The minimum atomic E-state index is -0.354. The van der Waals surface area contributed by atoms with E-state index in [4.69, 9.17) is 23.2 Å². The van der Waals surface area contributed by atoms with Crippen LogP contribution in [0.4, 0.5) is 5.95 Å². The van der Waals surface area contributed by atoms with Crippen LogP contribution in [-0.2, 0) is 13.6 Å². The van der Waals surface area contributed by atoms with Crippen LogP contribution in [0.15, 0.2) is 30.7 Å². The standard InChI is InChI=1S/C14H11Cl2IN6O/c1-22-6-11(17)12(20-22)13(24)19-14-18-7-23(21-14)5-8-2-3-9(15)10(16)4-8/h2-4,6-7H,5H2,1H3,(H,19,21,24). The van der Waals surface area contributed by atoms with Gasteiger partial charge in [-0.25, -0.2) is 9.67 Å². The van der Waals surface area contributed by atoms with Crippen molar-refractivity contribution in [2.45, 2.75) is 6.54 Å². The summed E-state index contributed by atoms with van der Waals surface area (Å²) >= 11 is 13.9. The largest absolute Gasteiger partial charge is 0.288 e. The number of aryl methyl sites for hydroxylation is 1. The third kappa shape index (κ3) is 3.87. The van der Waals surface area contributed by atoms with Gasteiger partial charge in [0.05, 0.1) is 20.2 Å².